The van der Waals surface area contributed by atoms with Crippen molar-refractivity contribution in [2.24, 2.45) is 0 Å². The predicted molar refractivity (Wildman–Crippen MR) is 68.4 cm³/mol. The zero-order chi connectivity index (χ0) is 11.4. The summed E-state index contributed by atoms with van der Waals surface area (Å²) in [6.45, 7) is 2.13. The molecule has 0 bridgehead atoms. The molecule has 1 aromatic rings. The van der Waals surface area contributed by atoms with Crippen molar-refractivity contribution in [2.45, 2.75) is 17.3 Å². The van der Waals surface area contributed by atoms with Crippen LogP contribution in [-0.2, 0) is 6.42 Å². The number of aromatic hydroxyl groups is 1. The first kappa shape index (κ1) is 12.4. The lowest BCUT2D eigenvalue weighted by Gasteiger charge is -2.11. The zero-order valence-electron chi connectivity index (χ0n) is 9.08. The Hall–Kier alpha value is -0.650. The lowest BCUT2D eigenvalue weighted by atomic mass is 10.1. The van der Waals surface area contributed by atoms with Crippen LogP contribution >= 0.6 is 22.6 Å². The van der Waals surface area contributed by atoms with Crippen molar-refractivity contribution in [3.05, 3.63) is 17.7 Å². The summed E-state index contributed by atoms with van der Waals surface area (Å²) < 4.78 is 10.7. The number of hydrogen-bond donors (Lipinski definition) is 1. The summed E-state index contributed by atoms with van der Waals surface area (Å²) in [4.78, 5) is 0. The molecule has 0 spiro atoms. The monoisotopic (exact) mass is 322 g/mol. The van der Waals surface area contributed by atoms with E-state index in [0.29, 0.717) is 15.4 Å². The van der Waals surface area contributed by atoms with E-state index in [-0.39, 0.29) is 5.75 Å². The molecule has 0 saturated heterocycles. The van der Waals surface area contributed by atoms with Crippen LogP contribution in [0.5, 0.6) is 17.2 Å². The van der Waals surface area contributed by atoms with E-state index < -0.39 is 0 Å². The number of halogens is 1. The minimum absolute atomic E-state index is 0.0601. The van der Waals surface area contributed by atoms with Crippen LogP contribution < -0.4 is 9.47 Å². The molecule has 0 fully saturated rings. The molecule has 1 unspecified atom stereocenters. The molecule has 1 N–H and O–H groups in total. The van der Waals surface area contributed by atoms with E-state index in [2.05, 4.69) is 29.5 Å². The van der Waals surface area contributed by atoms with Crippen molar-refractivity contribution in [1.29, 1.82) is 0 Å². The van der Waals surface area contributed by atoms with Gasteiger partial charge in [-0.2, -0.15) is 0 Å². The minimum atomic E-state index is 0.0601. The van der Waals surface area contributed by atoms with Gasteiger partial charge in [0, 0.05) is 3.92 Å². The maximum absolute atomic E-state index is 9.70. The molecule has 15 heavy (non-hydrogen) atoms. The van der Waals surface area contributed by atoms with Crippen LogP contribution in [0.4, 0.5) is 0 Å². The van der Waals surface area contributed by atoms with E-state index in [9.17, 15) is 5.11 Å². The summed E-state index contributed by atoms with van der Waals surface area (Å²) in [6, 6.07) is 3.68. The van der Waals surface area contributed by atoms with Crippen LogP contribution in [-0.4, -0.2) is 23.3 Å². The highest BCUT2D eigenvalue weighted by Crippen LogP contribution is 2.37. The normalized spacial score (nSPS) is 12.3. The number of rotatable bonds is 4. The molecule has 0 amide bonds. The Morgan fingerprint density at radius 3 is 2.07 bits per heavy atom. The molecule has 3 nitrogen and oxygen atoms in total. The van der Waals surface area contributed by atoms with Gasteiger partial charge in [0.05, 0.1) is 14.2 Å². The van der Waals surface area contributed by atoms with Gasteiger partial charge in [-0.3, -0.25) is 0 Å². The van der Waals surface area contributed by atoms with Crippen LogP contribution in [0.25, 0.3) is 0 Å². The molecule has 0 aromatic heterocycles. The fourth-order valence-electron chi connectivity index (χ4n) is 1.39. The van der Waals surface area contributed by atoms with Crippen molar-refractivity contribution in [1.82, 2.24) is 0 Å². The van der Waals surface area contributed by atoms with E-state index in [0.717, 1.165) is 12.0 Å². The van der Waals surface area contributed by atoms with Gasteiger partial charge in [0.25, 0.3) is 0 Å². The molecular weight excluding hydrogens is 307 g/mol. The van der Waals surface area contributed by atoms with Crippen molar-refractivity contribution < 1.29 is 14.6 Å². The fraction of sp³-hybridized carbons (Fsp3) is 0.455. The summed E-state index contributed by atoms with van der Waals surface area (Å²) in [7, 11) is 3.07. The smallest absolute Gasteiger partial charge is 0.200 e. The standard InChI is InChI=1S/C11H15IO3/c1-7(12)4-8-5-9(14-2)11(13)10(6-8)15-3/h5-7,13H,4H2,1-3H3. The SMILES string of the molecule is COc1cc(CC(C)I)cc(OC)c1O. The Morgan fingerprint density at radius 2 is 1.73 bits per heavy atom. The van der Waals surface area contributed by atoms with Gasteiger partial charge in [-0.05, 0) is 24.1 Å². The van der Waals surface area contributed by atoms with Gasteiger partial charge in [0.2, 0.25) is 5.75 Å². The molecule has 0 heterocycles. The summed E-state index contributed by atoms with van der Waals surface area (Å²) in [5.41, 5.74) is 1.10. The first-order valence-electron chi connectivity index (χ1n) is 4.66. The van der Waals surface area contributed by atoms with Crippen LogP contribution in [0.3, 0.4) is 0 Å². The van der Waals surface area contributed by atoms with Crippen LogP contribution in [0.15, 0.2) is 12.1 Å². The zero-order valence-corrected chi connectivity index (χ0v) is 11.2. The van der Waals surface area contributed by atoms with Crippen LogP contribution in [0.2, 0.25) is 0 Å². The third-order valence-electron chi connectivity index (χ3n) is 2.06. The van der Waals surface area contributed by atoms with Crippen molar-refractivity contribution in [3.63, 3.8) is 0 Å². The molecule has 0 aliphatic carbocycles. The summed E-state index contributed by atoms with van der Waals surface area (Å²) >= 11 is 2.36. The van der Waals surface area contributed by atoms with E-state index in [1.165, 1.54) is 14.2 Å². The highest BCUT2D eigenvalue weighted by molar-refractivity contribution is 14.1. The van der Waals surface area contributed by atoms with Gasteiger partial charge >= 0.3 is 0 Å². The average molecular weight is 322 g/mol. The third kappa shape index (κ3) is 3.15. The first-order valence-corrected chi connectivity index (χ1v) is 5.91. The van der Waals surface area contributed by atoms with Gasteiger partial charge in [0.1, 0.15) is 0 Å². The number of phenols is 1. The predicted octanol–water partition coefficient (Wildman–Crippen LogP) is 2.78. The Labute approximate surface area is 104 Å². The van der Waals surface area contributed by atoms with Gasteiger partial charge in [-0.1, -0.05) is 29.5 Å². The van der Waals surface area contributed by atoms with E-state index >= 15 is 0 Å². The number of hydrogen-bond acceptors (Lipinski definition) is 3. The Bertz CT molecular complexity index is 312. The molecule has 0 aliphatic rings. The minimum Gasteiger partial charge on any atom is -0.502 e. The topological polar surface area (TPSA) is 38.7 Å². The highest BCUT2D eigenvalue weighted by atomic mass is 127. The molecule has 1 atom stereocenters. The van der Waals surface area contributed by atoms with Gasteiger partial charge in [-0.15, -0.1) is 0 Å². The molecule has 1 rings (SSSR count). The number of phenolic OH excluding ortho intramolecular Hbond substituents is 1. The lowest BCUT2D eigenvalue weighted by Crippen LogP contribution is -1.98. The fourth-order valence-corrected chi connectivity index (χ4v) is 1.90. The van der Waals surface area contributed by atoms with E-state index in [4.69, 9.17) is 9.47 Å². The Morgan fingerprint density at radius 1 is 1.27 bits per heavy atom. The van der Waals surface area contributed by atoms with E-state index in [1.807, 2.05) is 12.1 Å². The third-order valence-corrected chi connectivity index (χ3v) is 2.50. The lowest BCUT2D eigenvalue weighted by molar-refractivity contribution is 0.339. The Kier molecular flexibility index (Phi) is 4.50. The quantitative estimate of drug-likeness (QED) is 0.684. The molecule has 84 valence electrons. The Balaban J connectivity index is 3.09. The maximum atomic E-state index is 9.70. The number of alkyl halides is 1. The van der Waals surface area contributed by atoms with Crippen molar-refractivity contribution >= 4 is 22.6 Å². The first-order chi connectivity index (χ1) is 7.08. The van der Waals surface area contributed by atoms with Crippen LogP contribution in [0.1, 0.15) is 12.5 Å². The van der Waals surface area contributed by atoms with Crippen molar-refractivity contribution in [2.75, 3.05) is 14.2 Å². The second-order valence-electron chi connectivity index (χ2n) is 3.33. The second-order valence-corrected chi connectivity index (χ2v) is 5.46. The molecule has 4 heteroatoms. The van der Waals surface area contributed by atoms with Crippen LogP contribution in [0, 0.1) is 0 Å². The molecular formula is C11H15IO3. The van der Waals surface area contributed by atoms with Gasteiger partial charge in [-0.25, -0.2) is 0 Å². The largest absolute Gasteiger partial charge is 0.502 e. The van der Waals surface area contributed by atoms with Gasteiger partial charge < -0.3 is 14.6 Å². The molecule has 1 aromatic carbocycles. The highest BCUT2D eigenvalue weighted by Gasteiger charge is 2.11. The van der Waals surface area contributed by atoms with E-state index in [1.54, 1.807) is 0 Å². The second kappa shape index (κ2) is 5.44. The molecule has 0 aliphatic heterocycles. The molecule has 0 radical (unpaired) electrons. The summed E-state index contributed by atoms with van der Waals surface area (Å²) in [6.07, 6.45) is 0.924. The summed E-state index contributed by atoms with van der Waals surface area (Å²) in [5.74, 6) is 0.979. The van der Waals surface area contributed by atoms with Gasteiger partial charge in [0.15, 0.2) is 11.5 Å². The van der Waals surface area contributed by atoms with Crippen molar-refractivity contribution in [3.8, 4) is 17.2 Å². The number of methoxy groups -OCH3 is 2. The molecule has 0 saturated carbocycles. The number of benzene rings is 1. The summed E-state index contributed by atoms with van der Waals surface area (Å²) in [5, 5.41) is 9.70. The number of ether oxygens (including phenoxy) is 2. The average Bonchev–Trinajstić information content (AvgIpc) is 2.19. The maximum Gasteiger partial charge on any atom is 0.200 e.